The molecular weight excluding hydrogens is 208 g/mol. The van der Waals surface area contributed by atoms with E-state index in [9.17, 15) is 4.79 Å². The van der Waals surface area contributed by atoms with Crippen molar-refractivity contribution < 1.29 is 9.53 Å². The maximum Gasteiger partial charge on any atom is 0.200 e. The molecular formula is C10H10N4O2. The van der Waals surface area contributed by atoms with Crippen LogP contribution < -0.4 is 10.5 Å². The molecule has 0 aliphatic heterocycles. The Morgan fingerprint density at radius 2 is 2.25 bits per heavy atom. The molecule has 0 atom stereocenters. The number of hydrogen-bond acceptors (Lipinski definition) is 5. The molecule has 0 unspecified atom stereocenters. The zero-order chi connectivity index (χ0) is 11.5. The fourth-order valence-electron chi connectivity index (χ4n) is 1.29. The van der Waals surface area contributed by atoms with Gasteiger partial charge in [-0.1, -0.05) is 0 Å². The van der Waals surface area contributed by atoms with Crippen molar-refractivity contribution in [1.82, 2.24) is 15.2 Å². The Kier molecular flexibility index (Phi) is 2.55. The van der Waals surface area contributed by atoms with Gasteiger partial charge in [0.15, 0.2) is 5.78 Å². The molecule has 82 valence electrons. The molecule has 0 saturated carbocycles. The average Bonchev–Trinajstić information content (AvgIpc) is 2.74. The molecule has 0 amide bonds. The number of pyridine rings is 1. The number of carbonyl (C=O) groups excluding carboxylic acids is 1. The van der Waals surface area contributed by atoms with Gasteiger partial charge in [-0.2, -0.15) is 5.10 Å². The second-order valence-electron chi connectivity index (χ2n) is 3.14. The fourth-order valence-corrected chi connectivity index (χ4v) is 1.29. The van der Waals surface area contributed by atoms with Crippen LogP contribution in [-0.2, 0) is 0 Å². The standard InChI is InChI=1S/C10H10N4O2/c1-16-7-2-6(3-12-4-7)9(15)8-5-13-14-10(8)11/h2-5H,1H3,(H3,11,13,14). The lowest BCUT2D eigenvalue weighted by molar-refractivity contribution is 0.103. The van der Waals surface area contributed by atoms with Gasteiger partial charge < -0.3 is 10.5 Å². The lowest BCUT2D eigenvalue weighted by Crippen LogP contribution is -2.04. The number of carbonyl (C=O) groups is 1. The molecule has 2 heterocycles. The molecule has 2 aromatic heterocycles. The van der Waals surface area contributed by atoms with Crippen LogP contribution in [0, 0.1) is 0 Å². The lowest BCUT2D eigenvalue weighted by atomic mass is 10.1. The van der Waals surface area contributed by atoms with E-state index >= 15 is 0 Å². The summed E-state index contributed by atoms with van der Waals surface area (Å²) in [7, 11) is 1.51. The Morgan fingerprint density at radius 3 is 2.88 bits per heavy atom. The summed E-state index contributed by atoms with van der Waals surface area (Å²) >= 11 is 0. The Labute approximate surface area is 91.5 Å². The summed E-state index contributed by atoms with van der Waals surface area (Å²) in [5.74, 6) is 0.526. The zero-order valence-corrected chi connectivity index (χ0v) is 8.60. The van der Waals surface area contributed by atoms with Gasteiger partial charge in [0.25, 0.3) is 0 Å². The Morgan fingerprint density at radius 1 is 1.44 bits per heavy atom. The highest BCUT2D eigenvalue weighted by atomic mass is 16.5. The van der Waals surface area contributed by atoms with E-state index in [2.05, 4.69) is 15.2 Å². The van der Waals surface area contributed by atoms with Gasteiger partial charge >= 0.3 is 0 Å². The number of aromatic amines is 1. The highest BCUT2D eigenvalue weighted by Gasteiger charge is 2.14. The number of hydrogen-bond donors (Lipinski definition) is 2. The number of nitrogens with zero attached hydrogens (tertiary/aromatic N) is 2. The molecule has 3 N–H and O–H groups in total. The number of nitrogens with two attached hydrogens (primary N) is 1. The summed E-state index contributed by atoms with van der Waals surface area (Å²) in [6.45, 7) is 0. The summed E-state index contributed by atoms with van der Waals surface area (Å²) in [6.07, 6.45) is 4.37. The van der Waals surface area contributed by atoms with Gasteiger partial charge in [0.1, 0.15) is 11.6 Å². The van der Waals surface area contributed by atoms with Crippen molar-refractivity contribution in [1.29, 1.82) is 0 Å². The molecule has 0 bridgehead atoms. The van der Waals surface area contributed by atoms with Gasteiger partial charge in [0.2, 0.25) is 0 Å². The summed E-state index contributed by atoms with van der Waals surface area (Å²) in [6, 6.07) is 1.60. The largest absolute Gasteiger partial charge is 0.495 e. The summed E-state index contributed by atoms with van der Waals surface area (Å²) in [5.41, 5.74) is 6.30. The van der Waals surface area contributed by atoms with Crippen molar-refractivity contribution in [3.8, 4) is 5.75 Å². The summed E-state index contributed by atoms with van der Waals surface area (Å²) in [5, 5.41) is 6.19. The van der Waals surface area contributed by atoms with Crippen molar-refractivity contribution in [3.63, 3.8) is 0 Å². The van der Waals surface area contributed by atoms with Crippen LogP contribution in [0.3, 0.4) is 0 Å². The second-order valence-corrected chi connectivity index (χ2v) is 3.14. The highest BCUT2D eigenvalue weighted by Crippen LogP contribution is 2.16. The smallest absolute Gasteiger partial charge is 0.200 e. The first-order valence-corrected chi connectivity index (χ1v) is 4.55. The highest BCUT2D eigenvalue weighted by molar-refractivity contribution is 6.11. The van der Waals surface area contributed by atoms with Crippen LogP contribution in [0.15, 0.2) is 24.7 Å². The van der Waals surface area contributed by atoms with Crippen LogP contribution in [0.25, 0.3) is 0 Å². The molecule has 0 fully saturated rings. The number of rotatable bonds is 3. The molecule has 0 aliphatic carbocycles. The molecule has 2 rings (SSSR count). The predicted octanol–water partition coefficient (Wildman–Crippen LogP) is 0.626. The molecule has 16 heavy (non-hydrogen) atoms. The molecule has 0 spiro atoms. The number of ether oxygens (including phenoxy) is 1. The van der Waals surface area contributed by atoms with Crippen molar-refractivity contribution in [3.05, 3.63) is 35.8 Å². The van der Waals surface area contributed by atoms with E-state index in [1.54, 1.807) is 6.07 Å². The minimum atomic E-state index is -0.238. The number of H-pyrrole nitrogens is 1. The topological polar surface area (TPSA) is 93.9 Å². The van der Waals surface area contributed by atoms with Crippen molar-refractivity contribution in [2.75, 3.05) is 12.8 Å². The summed E-state index contributed by atoms with van der Waals surface area (Å²) < 4.78 is 4.98. The fraction of sp³-hybridized carbons (Fsp3) is 0.100. The van der Waals surface area contributed by atoms with Crippen LogP contribution in [0.1, 0.15) is 15.9 Å². The lowest BCUT2D eigenvalue weighted by Gasteiger charge is -2.02. The third-order valence-electron chi connectivity index (χ3n) is 2.12. The molecule has 0 aromatic carbocycles. The number of ketones is 1. The van der Waals surface area contributed by atoms with Crippen molar-refractivity contribution in [2.45, 2.75) is 0 Å². The van der Waals surface area contributed by atoms with Gasteiger partial charge in [0, 0.05) is 11.8 Å². The predicted molar refractivity (Wildman–Crippen MR) is 57.2 cm³/mol. The number of methoxy groups -OCH3 is 1. The first-order chi connectivity index (χ1) is 7.72. The number of nitrogens with one attached hydrogen (secondary N) is 1. The average molecular weight is 218 g/mol. The maximum absolute atomic E-state index is 12.0. The van der Waals surface area contributed by atoms with Gasteiger partial charge in [0.05, 0.1) is 25.1 Å². The molecule has 0 saturated heterocycles. The van der Waals surface area contributed by atoms with Crippen LogP contribution in [-0.4, -0.2) is 28.1 Å². The van der Waals surface area contributed by atoms with E-state index in [1.165, 1.54) is 25.7 Å². The quantitative estimate of drug-likeness (QED) is 0.737. The second kappa shape index (κ2) is 4.01. The molecule has 6 heteroatoms. The van der Waals surface area contributed by atoms with Crippen LogP contribution in [0.5, 0.6) is 5.75 Å². The maximum atomic E-state index is 12.0. The Balaban J connectivity index is 2.38. The molecule has 2 aromatic rings. The SMILES string of the molecule is COc1cncc(C(=O)c2cn[nH]c2N)c1. The Hall–Kier alpha value is -2.37. The third kappa shape index (κ3) is 1.72. The van der Waals surface area contributed by atoms with Gasteiger partial charge in [-0.25, -0.2) is 0 Å². The normalized spacial score (nSPS) is 10.1. The van der Waals surface area contributed by atoms with Gasteiger partial charge in [-0.3, -0.25) is 14.9 Å². The number of aromatic nitrogens is 3. The third-order valence-corrected chi connectivity index (χ3v) is 2.12. The monoisotopic (exact) mass is 218 g/mol. The van der Waals surface area contributed by atoms with Crippen LogP contribution in [0.2, 0.25) is 0 Å². The van der Waals surface area contributed by atoms with E-state index in [0.29, 0.717) is 16.9 Å². The van der Waals surface area contributed by atoms with E-state index in [-0.39, 0.29) is 11.6 Å². The van der Waals surface area contributed by atoms with Crippen LogP contribution >= 0.6 is 0 Å². The van der Waals surface area contributed by atoms with Crippen LogP contribution in [0.4, 0.5) is 5.82 Å². The Bertz CT molecular complexity index is 521. The molecule has 6 nitrogen and oxygen atoms in total. The summed E-state index contributed by atoms with van der Waals surface area (Å²) in [4.78, 5) is 15.9. The van der Waals surface area contributed by atoms with E-state index in [0.717, 1.165) is 0 Å². The van der Waals surface area contributed by atoms with E-state index in [4.69, 9.17) is 10.5 Å². The first kappa shape index (κ1) is 10.2. The minimum Gasteiger partial charge on any atom is -0.495 e. The number of anilines is 1. The van der Waals surface area contributed by atoms with Crippen molar-refractivity contribution in [2.24, 2.45) is 0 Å². The molecule has 0 radical (unpaired) electrons. The minimum absolute atomic E-state index is 0.238. The van der Waals surface area contributed by atoms with Crippen molar-refractivity contribution >= 4 is 11.6 Å². The van der Waals surface area contributed by atoms with E-state index in [1.807, 2.05) is 0 Å². The van der Waals surface area contributed by atoms with Gasteiger partial charge in [-0.15, -0.1) is 0 Å². The zero-order valence-electron chi connectivity index (χ0n) is 8.60. The number of nitrogen functional groups attached to an aromatic ring is 1. The molecule has 0 aliphatic rings. The van der Waals surface area contributed by atoms with E-state index < -0.39 is 0 Å². The van der Waals surface area contributed by atoms with Gasteiger partial charge in [-0.05, 0) is 6.07 Å². The first-order valence-electron chi connectivity index (χ1n) is 4.55.